The van der Waals surface area contributed by atoms with Gasteiger partial charge in [-0.3, -0.25) is 4.90 Å². The van der Waals surface area contributed by atoms with E-state index in [4.69, 9.17) is 0 Å². The van der Waals surface area contributed by atoms with Crippen molar-refractivity contribution < 1.29 is 5.11 Å². The van der Waals surface area contributed by atoms with E-state index in [1.54, 1.807) is 15.9 Å². The summed E-state index contributed by atoms with van der Waals surface area (Å²) in [4.78, 5) is 8.81. The van der Waals surface area contributed by atoms with Gasteiger partial charge in [-0.15, -0.1) is 5.10 Å². The monoisotopic (exact) mass is 384 g/mol. The van der Waals surface area contributed by atoms with Crippen LogP contribution < -0.4 is 0 Å². The zero-order chi connectivity index (χ0) is 19.1. The molecule has 1 aromatic carbocycles. The molecule has 6 heteroatoms. The fourth-order valence-corrected chi connectivity index (χ4v) is 5.45. The lowest BCUT2D eigenvalue weighted by Crippen LogP contribution is -2.41. The summed E-state index contributed by atoms with van der Waals surface area (Å²) in [6.45, 7) is 10.9. The van der Waals surface area contributed by atoms with Gasteiger partial charge in [0.05, 0.1) is 10.9 Å². The van der Waals surface area contributed by atoms with Crippen molar-refractivity contribution in [3.05, 3.63) is 46.1 Å². The third kappa shape index (κ3) is 3.48. The predicted octanol–water partition coefficient (Wildman–Crippen LogP) is 4.43. The first kappa shape index (κ1) is 18.4. The molecule has 5 nitrogen and oxygen atoms in total. The van der Waals surface area contributed by atoms with Crippen LogP contribution in [0, 0.1) is 18.8 Å². The predicted molar refractivity (Wildman–Crippen MR) is 109 cm³/mol. The highest BCUT2D eigenvalue weighted by molar-refractivity contribution is 7.17. The van der Waals surface area contributed by atoms with Gasteiger partial charge in [0.1, 0.15) is 0 Å². The number of aromatic nitrogens is 3. The molecule has 2 aromatic heterocycles. The first-order valence-corrected chi connectivity index (χ1v) is 10.7. The standard InChI is InChI=1S/C21H28N4OS/c1-5-17-22-21-25(23-17)20(26)19(27-21)18(16-8-6-13(2)7-9-16)24-11-14(3)10-15(4)12-24/h6-9,14-15,18,26H,5,10-12H2,1-4H3/t14-,15+,18-/m0/s1. The maximum absolute atomic E-state index is 11.0. The zero-order valence-electron chi connectivity index (χ0n) is 16.5. The Labute approximate surface area is 164 Å². The highest BCUT2D eigenvalue weighted by Gasteiger charge is 2.33. The normalized spacial score (nSPS) is 22.4. The van der Waals surface area contributed by atoms with Gasteiger partial charge < -0.3 is 5.11 Å². The molecule has 1 aliphatic rings. The molecule has 0 aliphatic carbocycles. The number of hydrogen-bond donors (Lipinski definition) is 1. The number of likely N-dealkylation sites (tertiary alicyclic amines) is 1. The largest absolute Gasteiger partial charge is 0.492 e. The van der Waals surface area contributed by atoms with Crippen LogP contribution in [0.3, 0.4) is 0 Å². The fraction of sp³-hybridized carbons (Fsp3) is 0.524. The SMILES string of the molecule is CCc1nc2sc([C@H](c3ccc(C)cc3)N3C[C@H](C)C[C@H](C)C3)c(O)n2n1. The zero-order valence-corrected chi connectivity index (χ0v) is 17.3. The molecule has 1 saturated heterocycles. The summed E-state index contributed by atoms with van der Waals surface area (Å²) in [5, 5.41) is 15.5. The van der Waals surface area contributed by atoms with Crippen molar-refractivity contribution >= 4 is 16.3 Å². The number of rotatable bonds is 4. The van der Waals surface area contributed by atoms with Crippen LogP contribution >= 0.6 is 11.3 Å². The second-order valence-electron chi connectivity index (χ2n) is 8.08. The van der Waals surface area contributed by atoms with Gasteiger partial charge in [-0.2, -0.15) is 4.52 Å². The van der Waals surface area contributed by atoms with Gasteiger partial charge in [-0.05, 0) is 30.7 Å². The maximum Gasteiger partial charge on any atom is 0.230 e. The Bertz CT molecular complexity index is 920. The molecule has 0 radical (unpaired) electrons. The molecule has 3 aromatic rings. The Morgan fingerprint density at radius 3 is 2.44 bits per heavy atom. The highest BCUT2D eigenvalue weighted by Crippen LogP contribution is 2.42. The number of hydrogen-bond acceptors (Lipinski definition) is 5. The molecular formula is C21H28N4OS. The minimum absolute atomic E-state index is 0.0365. The van der Waals surface area contributed by atoms with Gasteiger partial charge >= 0.3 is 0 Å². The first-order valence-electron chi connectivity index (χ1n) is 9.84. The minimum atomic E-state index is 0.0365. The van der Waals surface area contributed by atoms with E-state index in [0.29, 0.717) is 11.8 Å². The summed E-state index contributed by atoms with van der Waals surface area (Å²) in [6.07, 6.45) is 2.03. The third-order valence-corrected chi connectivity index (χ3v) is 6.54. The summed E-state index contributed by atoms with van der Waals surface area (Å²) >= 11 is 1.56. The lowest BCUT2D eigenvalue weighted by molar-refractivity contribution is 0.112. The van der Waals surface area contributed by atoms with Crippen molar-refractivity contribution in [2.75, 3.05) is 13.1 Å². The summed E-state index contributed by atoms with van der Waals surface area (Å²) in [5.41, 5.74) is 2.47. The summed E-state index contributed by atoms with van der Waals surface area (Å²) in [5.74, 6) is 2.31. The van der Waals surface area contributed by atoms with Crippen molar-refractivity contribution in [1.29, 1.82) is 0 Å². The van der Waals surface area contributed by atoms with Gasteiger partial charge in [0, 0.05) is 19.5 Å². The summed E-state index contributed by atoms with van der Waals surface area (Å²) in [7, 11) is 0. The highest BCUT2D eigenvalue weighted by atomic mass is 32.1. The van der Waals surface area contributed by atoms with Crippen LogP contribution in [-0.4, -0.2) is 37.7 Å². The maximum atomic E-state index is 11.0. The number of nitrogens with zero attached hydrogens (tertiary/aromatic N) is 4. The third-order valence-electron chi connectivity index (χ3n) is 5.46. The molecule has 3 heterocycles. The van der Waals surface area contributed by atoms with E-state index >= 15 is 0 Å². The van der Waals surface area contributed by atoms with Gasteiger partial charge in [0.25, 0.3) is 0 Å². The van der Waals surface area contributed by atoms with Crippen LogP contribution in [0.15, 0.2) is 24.3 Å². The lowest BCUT2D eigenvalue weighted by Gasteiger charge is -2.40. The molecule has 0 amide bonds. The van der Waals surface area contributed by atoms with Crippen LogP contribution in [-0.2, 0) is 6.42 Å². The minimum Gasteiger partial charge on any atom is -0.492 e. The average molecular weight is 385 g/mol. The second-order valence-corrected chi connectivity index (χ2v) is 9.09. The number of aromatic hydroxyl groups is 1. The molecule has 0 bridgehead atoms. The van der Waals surface area contributed by atoms with E-state index < -0.39 is 0 Å². The topological polar surface area (TPSA) is 53.7 Å². The van der Waals surface area contributed by atoms with Crippen LogP contribution in [0.1, 0.15) is 55.1 Å². The van der Waals surface area contributed by atoms with Crippen molar-refractivity contribution in [3.63, 3.8) is 0 Å². The Morgan fingerprint density at radius 1 is 1.19 bits per heavy atom. The second kappa shape index (κ2) is 7.24. The molecule has 0 spiro atoms. The fourth-order valence-electron chi connectivity index (χ4n) is 4.32. The van der Waals surface area contributed by atoms with Crippen molar-refractivity contribution in [1.82, 2.24) is 19.5 Å². The number of thiazole rings is 1. The van der Waals surface area contributed by atoms with E-state index in [-0.39, 0.29) is 11.9 Å². The van der Waals surface area contributed by atoms with Crippen LogP contribution in [0.5, 0.6) is 5.88 Å². The quantitative estimate of drug-likeness (QED) is 0.723. The molecule has 1 N–H and O–H groups in total. The molecule has 1 aliphatic heterocycles. The number of aryl methyl sites for hydroxylation is 2. The van der Waals surface area contributed by atoms with Gasteiger partial charge in [-0.25, -0.2) is 4.98 Å². The molecule has 4 rings (SSSR count). The Morgan fingerprint density at radius 2 is 1.85 bits per heavy atom. The van der Waals surface area contributed by atoms with Crippen LogP contribution in [0.4, 0.5) is 0 Å². The molecule has 144 valence electrons. The van der Waals surface area contributed by atoms with Crippen molar-refractivity contribution in [2.24, 2.45) is 11.8 Å². The van der Waals surface area contributed by atoms with Crippen LogP contribution in [0.2, 0.25) is 0 Å². The van der Waals surface area contributed by atoms with E-state index in [9.17, 15) is 5.11 Å². The molecule has 0 saturated carbocycles. The average Bonchev–Trinajstić information content (AvgIpc) is 3.16. The molecule has 3 atom stereocenters. The van der Waals surface area contributed by atoms with E-state index in [1.165, 1.54) is 17.5 Å². The number of benzene rings is 1. The molecule has 1 fully saturated rings. The Balaban J connectivity index is 1.81. The number of piperidine rings is 1. The molecular weight excluding hydrogens is 356 g/mol. The van der Waals surface area contributed by atoms with E-state index in [2.05, 4.69) is 60.0 Å². The smallest absolute Gasteiger partial charge is 0.230 e. The van der Waals surface area contributed by atoms with E-state index in [1.807, 2.05) is 6.92 Å². The van der Waals surface area contributed by atoms with Crippen molar-refractivity contribution in [3.8, 4) is 5.88 Å². The lowest BCUT2D eigenvalue weighted by atomic mass is 9.89. The Hall–Kier alpha value is -1.92. The summed E-state index contributed by atoms with van der Waals surface area (Å²) < 4.78 is 1.61. The van der Waals surface area contributed by atoms with E-state index in [0.717, 1.165) is 35.2 Å². The van der Waals surface area contributed by atoms with Gasteiger partial charge in [-0.1, -0.05) is 61.9 Å². The van der Waals surface area contributed by atoms with Crippen molar-refractivity contribution in [2.45, 2.75) is 46.6 Å². The van der Waals surface area contributed by atoms with Gasteiger partial charge in [0.2, 0.25) is 10.8 Å². The summed E-state index contributed by atoms with van der Waals surface area (Å²) in [6, 6.07) is 8.73. The van der Waals surface area contributed by atoms with Gasteiger partial charge in [0.15, 0.2) is 5.82 Å². The van der Waals surface area contributed by atoms with Crippen LogP contribution in [0.25, 0.3) is 4.96 Å². The molecule has 0 unspecified atom stereocenters. The molecule has 27 heavy (non-hydrogen) atoms. The Kier molecular flexibility index (Phi) is 4.95. The number of fused-ring (bicyclic) bond motifs is 1. The first-order chi connectivity index (χ1) is 13.0.